The first-order valence-corrected chi connectivity index (χ1v) is 10.2. The molecule has 0 bridgehead atoms. The van der Waals surface area contributed by atoms with Gasteiger partial charge in [-0.05, 0) is 53.9 Å². The van der Waals surface area contributed by atoms with Gasteiger partial charge in [0.2, 0.25) is 0 Å². The van der Waals surface area contributed by atoms with Crippen LogP contribution in [0.2, 0.25) is 5.02 Å². The first kappa shape index (κ1) is 21.8. The van der Waals surface area contributed by atoms with Crippen molar-refractivity contribution in [2.45, 2.75) is 26.8 Å². The lowest BCUT2D eigenvalue weighted by atomic mass is 10.1. The van der Waals surface area contributed by atoms with E-state index in [1.165, 1.54) is 0 Å². The van der Waals surface area contributed by atoms with E-state index in [1.807, 2.05) is 36.4 Å². The summed E-state index contributed by atoms with van der Waals surface area (Å²) >= 11 is 6.16. The fourth-order valence-electron chi connectivity index (χ4n) is 2.88. The molecule has 5 nitrogen and oxygen atoms in total. The van der Waals surface area contributed by atoms with Crippen molar-refractivity contribution in [3.63, 3.8) is 0 Å². The summed E-state index contributed by atoms with van der Waals surface area (Å²) in [4.78, 5) is 12.4. The van der Waals surface area contributed by atoms with Gasteiger partial charge >= 0.3 is 0 Å². The molecule has 158 valence electrons. The summed E-state index contributed by atoms with van der Waals surface area (Å²) in [6.07, 6.45) is 0.486. The van der Waals surface area contributed by atoms with Gasteiger partial charge in [0, 0.05) is 23.6 Å². The Balaban J connectivity index is 1.63. The van der Waals surface area contributed by atoms with Crippen LogP contribution in [-0.4, -0.2) is 19.6 Å². The molecule has 0 spiro atoms. The second kappa shape index (κ2) is 10.2. The molecule has 0 aliphatic carbocycles. The number of furan rings is 1. The number of carbonyl (C=O) groups excluding carboxylic acids is 1. The summed E-state index contributed by atoms with van der Waals surface area (Å²) in [6.45, 7) is 5.21. The summed E-state index contributed by atoms with van der Waals surface area (Å²) in [7, 11) is 1.62. The predicted octanol–water partition coefficient (Wildman–Crippen LogP) is 5.50. The van der Waals surface area contributed by atoms with E-state index >= 15 is 0 Å². The summed E-state index contributed by atoms with van der Waals surface area (Å²) in [6, 6.07) is 16.5. The Hall–Kier alpha value is -2.92. The lowest BCUT2D eigenvalue weighted by Crippen LogP contribution is -2.22. The van der Waals surface area contributed by atoms with Crippen LogP contribution in [-0.2, 0) is 13.0 Å². The summed E-state index contributed by atoms with van der Waals surface area (Å²) in [5.74, 6) is 2.64. The molecule has 0 saturated carbocycles. The Morgan fingerprint density at radius 3 is 2.57 bits per heavy atom. The standard InChI is InChI=1S/C24H26ClNO4/c1-16(2)15-29-22-10-6-19(25)12-18(22)13-21-9-11-23(30-21)24(27)26-14-17-4-7-20(28-3)8-5-17/h4-12,16H,13-15H2,1-3H3,(H,26,27). The van der Waals surface area contributed by atoms with Crippen LogP contribution in [0, 0.1) is 5.92 Å². The highest BCUT2D eigenvalue weighted by molar-refractivity contribution is 6.30. The number of ether oxygens (including phenoxy) is 2. The third-order valence-electron chi connectivity index (χ3n) is 4.46. The summed E-state index contributed by atoms with van der Waals surface area (Å²) < 4.78 is 16.8. The fourth-order valence-corrected chi connectivity index (χ4v) is 3.07. The maximum Gasteiger partial charge on any atom is 0.287 e. The fraction of sp³-hybridized carbons (Fsp3) is 0.292. The first-order valence-electron chi connectivity index (χ1n) is 9.85. The van der Waals surface area contributed by atoms with Crippen molar-refractivity contribution in [1.82, 2.24) is 5.32 Å². The van der Waals surface area contributed by atoms with Crippen LogP contribution >= 0.6 is 11.6 Å². The van der Waals surface area contributed by atoms with Gasteiger partial charge in [-0.2, -0.15) is 0 Å². The molecule has 0 aliphatic rings. The van der Waals surface area contributed by atoms with Gasteiger partial charge in [0.05, 0.1) is 13.7 Å². The van der Waals surface area contributed by atoms with E-state index in [0.717, 1.165) is 22.6 Å². The molecule has 6 heteroatoms. The molecule has 0 radical (unpaired) electrons. The van der Waals surface area contributed by atoms with E-state index in [1.54, 1.807) is 25.3 Å². The highest BCUT2D eigenvalue weighted by atomic mass is 35.5. The number of methoxy groups -OCH3 is 1. The molecule has 0 atom stereocenters. The maximum absolute atomic E-state index is 12.4. The summed E-state index contributed by atoms with van der Waals surface area (Å²) in [5, 5.41) is 3.49. The molecule has 30 heavy (non-hydrogen) atoms. The Morgan fingerprint density at radius 1 is 1.10 bits per heavy atom. The van der Waals surface area contributed by atoms with Crippen LogP contribution in [0.5, 0.6) is 11.5 Å². The molecule has 1 N–H and O–H groups in total. The normalized spacial score (nSPS) is 10.8. The third kappa shape index (κ3) is 6.04. The van der Waals surface area contributed by atoms with Crippen LogP contribution in [0.4, 0.5) is 0 Å². The van der Waals surface area contributed by atoms with E-state index < -0.39 is 0 Å². The molecule has 3 rings (SSSR count). The number of carbonyl (C=O) groups is 1. The molecular weight excluding hydrogens is 402 g/mol. The molecule has 0 unspecified atom stereocenters. The zero-order valence-electron chi connectivity index (χ0n) is 17.4. The average molecular weight is 428 g/mol. The molecule has 3 aromatic rings. The quantitative estimate of drug-likeness (QED) is 0.490. The number of amides is 1. The van der Waals surface area contributed by atoms with Crippen molar-refractivity contribution < 1.29 is 18.7 Å². The zero-order chi connectivity index (χ0) is 21.5. The molecule has 1 heterocycles. The highest BCUT2D eigenvalue weighted by Gasteiger charge is 2.14. The van der Waals surface area contributed by atoms with Gasteiger partial charge < -0.3 is 19.2 Å². The van der Waals surface area contributed by atoms with Crippen molar-refractivity contribution in [3.05, 3.63) is 82.3 Å². The predicted molar refractivity (Wildman–Crippen MR) is 117 cm³/mol. The number of benzene rings is 2. The van der Waals surface area contributed by atoms with Crippen molar-refractivity contribution in [3.8, 4) is 11.5 Å². The first-order chi connectivity index (χ1) is 14.4. The number of halogens is 1. The van der Waals surface area contributed by atoms with Crippen LogP contribution in [0.1, 0.15) is 41.3 Å². The highest BCUT2D eigenvalue weighted by Crippen LogP contribution is 2.26. The van der Waals surface area contributed by atoms with Gasteiger partial charge in [0.25, 0.3) is 5.91 Å². The minimum absolute atomic E-state index is 0.264. The van der Waals surface area contributed by atoms with Crippen LogP contribution in [0.15, 0.2) is 59.0 Å². The maximum atomic E-state index is 12.4. The van der Waals surface area contributed by atoms with E-state index in [9.17, 15) is 4.79 Å². The van der Waals surface area contributed by atoms with Crippen molar-refractivity contribution in [2.24, 2.45) is 5.92 Å². The third-order valence-corrected chi connectivity index (χ3v) is 4.69. The monoisotopic (exact) mass is 427 g/mol. The zero-order valence-corrected chi connectivity index (χ0v) is 18.2. The molecule has 2 aromatic carbocycles. The molecule has 1 amide bonds. The van der Waals surface area contributed by atoms with Gasteiger partial charge in [-0.3, -0.25) is 4.79 Å². The Bertz CT molecular complexity index is 979. The van der Waals surface area contributed by atoms with Crippen LogP contribution in [0.25, 0.3) is 0 Å². The van der Waals surface area contributed by atoms with Gasteiger partial charge in [-0.25, -0.2) is 0 Å². The molecule has 0 saturated heterocycles. The lowest BCUT2D eigenvalue weighted by Gasteiger charge is -2.13. The largest absolute Gasteiger partial charge is 0.497 e. The topological polar surface area (TPSA) is 60.7 Å². The molecule has 1 aromatic heterocycles. The van der Waals surface area contributed by atoms with E-state index in [4.69, 9.17) is 25.5 Å². The van der Waals surface area contributed by atoms with E-state index in [0.29, 0.717) is 36.3 Å². The molecule has 0 fully saturated rings. The van der Waals surface area contributed by atoms with Gasteiger partial charge in [-0.15, -0.1) is 0 Å². The SMILES string of the molecule is COc1ccc(CNC(=O)c2ccc(Cc3cc(Cl)ccc3OCC(C)C)o2)cc1. The van der Waals surface area contributed by atoms with Gasteiger partial charge in [0.15, 0.2) is 5.76 Å². The average Bonchev–Trinajstić information content (AvgIpc) is 3.20. The van der Waals surface area contributed by atoms with Gasteiger partial charge in [-0.1, -0.05) is 37.6 Å². The Kier molecular flexibility index (Phi) is 7.41. The lowest BCUT2D eigenvalue weighted by molar-refractivity contribution is 0.0921. The Labute approximate surface area is 182 Å². The molecular formula is C24H26ClNO4. The number of hydrogen-bond donors (Lipinski definition) is 1. The number of hydrogen-bond acceptors (Lipinski definition) is 4. The Morgan fingerprint density at radius 2 is 1.87 bits per heavy atom. The van der Waals surface area contributed by atoms with E-state index in [2.05, 4.69) is 19.2 Å². The van der Waals surface area contributed by atoms with Crippen molar-refractivity contribution in [1.29, 1.82) is 0 Å². The minimum Gasteiger partial charge on any atom is -0.497 e. The summed E-state index contributed by atoms with van der Waals surface area (Å²) in [5.41, 5.74) is 1.89. The minimum atomic E-state index is -0.264. The molecule has 0 aliphatic heterocycles. The van der Waals surface area contributed by atoms with Crippen molar-refractivity contribution >= 4 is 17.5 Å². The number of rotatable bonds is 9. The second-order valence-corrected chi connectivity index (χ2v) is 7.87. The number of nitrogens with one attached hydrogen (secondary N) is 1. The van der Waals surface area contributed by atoms with Crippen LogP contribution in [0.3, 0.4) is 0 Å². The van der Waals surface area contributed by atoms with Crippen LogP contribution < -0.4 is 14.8 Å². The second-order valence-electron chi connectivity index (χ2n) is 7.43. The van der Waals surface area contributed by atoms with Gasteiger partial charge in [0.1, 0.15) is 17.3 Å². The van der Waals surface area contributed by atoms with E-state index in [-0.39, 0.29) is 11.7 Å². The smallest absolute Gasteiger partial charge is 0.287 e. The van der Waals surface area contributed by atoms with Crippen molar-refractivity contribution in [2.75, 3.05) is 13.7 Å².